The third-order valence-corrected chi connectivity index (χ3v) is 3.91. The van der Waals surface area contributed by atoms with Crippen molar-refractivity contribution in [1.29, 1.82) is 0 Å². The fraction of sp³-hybridized carbons (Fsp3) is 0.500. The SMILES string of the molecule is CC(CNC(=O)NCCc1ccc(C(=O)O)cc1)C1CC1. The van der Waals surface area contributed by atoms with Gasteiger partial charge in [-0.05, 0) is 48.8 Å². The maximum atomic E-state index is 11.6. The van der Waals surface area contributed by atoms with E-state index in [0.717, 1.165) is 18.0 Å². The molecule has 2 amide bonds. The van der Waals surface area contributed by atoms with Crippen LogP contribution in [0.15, 0.2) is 24.3 Å². The zero-order valence-corrected chi connectivity index (χ0v) is 12.3. The Kier molecular flexibility index (Phi) is 5.20. The average molecular weight is 290 g/mol. The van der Waals surface area contributed by atoms with E-state index in [2.05, 4.69) is 17.6 Å². The highest BCUT2D eigenvalue weighted by molar-refractivity contribution is 5.87. The fourth-order valence-corrected chi connectivity index (χ4v) is 2.28. The number of hydrogen-bond donors (Lipinski definition) is 3. The average Bonchev–Trinajstić information content (AvgIpc) is 3.30. The van der Waals surface area contributed by atoms with Gasteiger partial charge in [-0.1, -0.05) is 19.1 Å². The van der Waals surface area contributed by atoms with Gasteiger partial charge in [0.05, 0.1) is 5.56 Å². The molecule has 5 heteroatoms. The summed E-state index contributed by atoms with van der Waals surface area (Å²) in [5, 5.41) is 14.5. The molecular formula is C16H22N2O3. The predicted octanol–water partition coefficient (Wildman–Crippen LogP) is 2.27. The number of carboxylic acid groups (broad SMARTS) is 1. The molecule has 2 rings (SSSR count). The van der Waals surface area contributed by atoms with Crippen molar-refractivity contribution in [3.63, 3.8) is 0 Å². The van der Waals surface area contributed by atoms with Crippen LogP contribution in [0.25, 0.3) is 0 Å². The number of benzene rings is 1. The molecule has 0 bridgehead atoms. The normalized spacial score (nSPS) is 15.3. The lowest BCUT2D eigenvalue weighted by molar-refractivity contribution is 0.0697. The number of nitrogens with one attached hydrogen (secondary N) is 2. The van der Waals surface area contributed by atoms with Crippen molar-refractivity contribution in [2.45, 2.75) is 26.2 Å². The minimum absolute atomic E-state index is 0.135. The fourth-order valence-electron chi connectivity index (χ4n) is 2.28. The van der Waals surface area contributed by atoms with E-state index in [0.29, 0.717) is 18.9 Å². The van der Waals surface area contributed by atoms with Crippen LogP contribution >= 0.6 is 0 Å². The summed E-state index contributed by atoms with van der Waals surface area (Å²) in [7, 11) is 0. The number of carbonyl (C=O) groups is 2. The third kappa shape index (κ3) is 5.10. The number of rotatable bonds is 7. The predicted molar refractivity (Wildman–Crippen MR) is 80.4 cm³/mol. The van der Waals surface area contributed by atoms with E-state index < -0.39 is 5.97 Å². The second-order valence-electron chi connectivity index (χ2n) is 5.70. The topological polar surface area (TPSA) is 78.4 Å². The minimum atomic E-state index is -0.927. The van der Waals surface area contributed by atoms with Gasteiger partial charge in [-0.2, -0.15) is 0 Å². The number of amides is 2. The summed E-state index contributed by atoms with van der Waals surface area (Å²) < 4.78 is 0. The number of carboxylic acids is 1. The minimum Gasteiger partial charge on any atom is -0.478 e. The van der Waals surface area contributed by atoms with Crippen LogP contribution in [0.1, 0.15) is 35.7 Å². The highest BCUT2D eigenvalue weighted by Gasteiger charge is 2.27. The van der Waals surface area contributed by atoms with Crippen LogP contribution in [-0.4, -0.2) is 30.2 Å². The molecule has 0 radical (unpaired) electrons. The monoisotopic (exact) mass is 290 g/mol. The van der Waals surface area contributed by atoms with Crippen molar-refractivity contribution in [3.05, 3.63) is 35.4 Å². The molecule has 1 aliphatic rings. The van der Waals surface area contributed by atoms with Gasteiger partial charge in [0.25, 0.3) is 0 Å². The Labute approximate surface area is 124 Å². The summed E-state index contributed by atoms with van der Waals surface area (Å²) in [6.45, 7) is 3.43. The van der Waals surface area contributed by atoms with Crippen LogP contribution in [0.2, 0.25) is 0 Å². The van der Waals surface area contributed by atoms with E-state index in [1.54, 1.807) is 24.3 Å². The largest absolute Gasteiger partial charge is 0.478 e. The molecule has 1 aromatic carbocycles. The number of carbonyl (C=O) groups excluding carboxylic acids is 1. The lowest BCUT2D eigenvalue weighted by Crippen LogP contribution is -2.39. The Morgan fingerprint density at radius 1 is 1.24 bits per heavy atom. The first kappa shape index (κ1) is 15.4. The zero-order valence-electron chi connectivity index (χ0n) is 12.3. The second-order valence-corrected chi connectivity index (χ2v) is 5.70. The third-order valence-electron chi connectivity index (χ3n) is 3.91. The Hall–Kier alpha value is -2.04. The highest BCUT2D eigenvalue weighted by Crippen LogP contribution is 2.35. The molecule has 114 valence electrons. The number of urea groups is 1. The molecule has 0 heterocycles. The molecule has 0 saturated heterocycles. The maximum Gasteiger partial charge on any atom is 0.335 e. The smallest absolute Gasteiger partial charge is 0.335 e. The summed E-state index contributed by atoms with van der Waals surface area (Å²) in [5.41, 5.74) is 1.28. The first-order valence-electron chi connectivity index (χ1n) is 7.40. The number of hydrogen-bond acceptors (Lipinski definition) is 2. The van der Waals surface area contributed by atoms with Gasteiger partial charge in [0.1, 0.15) is 0 Å². The molecule has 0 aromatic heterocycles. The molecule has 1 saturated carbocycles. The van der Waals surface area contributed by atoms with E-state index in [4.69, 9.17) is 5.11 Å². The summed E-state index contributed by atoms with van der Waals surface area (Å²) in [5.74, 6) is 0.418. The summed E-state index contributed by atoms with van der Waals surface area (Å²) in [6, 6.07) is 6.57. The molecule has 1 unspecified atom stereocenters. The zero-order chi connectivity index (χ0) is 15.2. The van der Waals surface area contributed by atoms with E-state index in [1.807, 2.05) is 0 Å². The first-order valence-corrected chi connectivity index (χ1v) is 7.40. The highest BCUT2D eigenvalue weighted by atomic mass is 16.4. The Morgan fingerprint density at radius 3 is 2.48 bits per heavy atom. The van der Waals surface area contributed by atoms with Gasteiger partial charge in [-0.25, -0.2) is 9.59 Å². The number of aromatic carboxylic acids is 1. The van der Waals surface area contributed by atoms with Crippen molar-refractivity contribution in [2.75, 3.05) is 13.1 Å². The van der Waals surface area contributed by atoms with E-state index >= 15 is 0 Å². The maximum absolute atomic E-state index is 11.6. The van der Waals surface area contributed by atoms with E-state index in [-0.39, 0.29) is 11.6 Å². The molecule has 0 aliphatic heterocycles. The van der Waals surface area contributed by atoms with Gasteiger partial charge >= 0.3 is 12.0 Å². The van der Waals surface area contributed by atoms with Crippen LogP contribution in [-0.2, 0) is 6.42 Å². The molecule has 0 spiro atoms. The quantitative estimate of drug-likeness (QED) is 0.721. The van der Waals surface area contributed by atoms with Crippen LogP contribution in [0.3, 0.4) is 0 Å². The van der Waals surface area contributed by atoms with Gasteiger partial charge < -0.3 is 15.7 Å². The van der Waals surface area contributed by atoms with E-state index in [1.165, 1.54) is 12.8 Å². The Bertz CT molecular complexity index is 495. The standard InChI is InChI=1S/C16H22N2O3/c1-11(13-6-7-13)10-18-16(21)17-9-8-12-2-4-14(5-3-12)15(19)20/h2-5,11,13H,6-10H2,1H3,(H,19,20)(H2,17,18,21). The van der Waals surface area contributed by atoms with Crippen molar-refractivity contribution in [1.82, 2.24) is 10.6 Å². The van der Waals surface area contributed by atoms with Crippen LogP contribution < -0.4 is 10.6 Å². The van der Waals surface area contributed by atoms with Crippen molar-refractivity contribution >= 4 is 12.0 Å². The van der Waals surface area contributed by atoms with Crippen LogP contribution in [0, 0.1) is 11.8 Å². The van der Waals surface area contributed by atoms with Crippen molar-refractivity contribution in [2.24, 2.45) is 11.8 Å². The summed E-state index contributed by atoms with van der Waals surface area (Å²) in [6.07, 6.45) is 3.26. The van der Waals surface area contributed by atoms with Gasteiger partial charge in [0, 0.05) is 13.1 Å². The van der Waals surface area contributed by atoms with Crippen molar-refractivity contribution < 1.29 is 14.7 Å². The van der Waals surface area contributed by atoms with Gasteiger partial charge in [-0.15, -0.1) is 0 Å². The molecular weight excluding hydrogens is 268 g/mol. The summed E-state index contributed by atoms with van der Waals surface area (Å²) >= 11 is 0. The molecule has 1 atom stereocenters. The molecule has 3 N–H and O–H groups in total. The van der Waals surface area contributed by atoms with Crippen molar-refractivity contribution in [3.8, 4) is 0 Å². The molecule has 1 aromatic rings. The second kappa shape index (κ2) is 7.11. The molecule has 1 aliphatic carbocycles. The Balaban J connectivity index is 1.63. The molecule has 5 nitrogen and oxygen atoms in total. The van der Waals surface area contributed by atoms with Gasteiger partial charge in [-0.3, -0.25) is 0 Å². The molecule has 1 fully saturated rings. The first-order chi connectivity index (χ1) is 10.1. The van der Waals surface area contributed by atoms with Gasteiger partial charge in [0.2, 0.25) is 0 Å². The lowest BCUT2D eigenvalue weighted by Gasteiger charge is -2.12. The Morgan fingerprint density at radius 2 is 1.90 bits per heavy atom. The van der Waals surface area contributed by atoms with Crippen LogP contribution in [0.5, 0.6) is 0 Å². The van der Waals surface area contributed by atoms with E-state index in [9.17, 15) is 9.59 Å². The molecule has 21 heavy (non-hydrogen) atoms. The summed E-state index contributed by atoms with van der Waals surface area (Å²) in [4.78, 5) is 22.4. The lowest BCUT2D eigenvalue weighted by atomic mass is 10.1. The van der Waals surface area contributed by atoms with Gasteiger partial charge in [0.15, 0.2) is 0 Å². The van der Waals surface area contributed by atoms with Crippen LogP contribution in [0.4, 0.5) is 4.79 Å².